The fourth-order valence-corrected chi connectivity index (χ4v) is 5.74. The van der Waals surface area contributed by atoms with Gasteiger partial charge in [0.1, 0.15) is 18.2 Å². The van der Waals surface area contributed by atoms with Crippen LogP contribution < -0.4 is 20.7 Å². The van der Waals surface area contributed by atoms with E-state index in [4.69, 9.17) is 39.5 Å². The van der Waals surface area contributed by atoms with Gasteiger partial charge in [-0.25, -0.2) is 18.2 Å². The van der Waals surface area contributed by atoms with Crippen molar-refractivity contribution in [1.29, 1.82) is 0 Å². The van der Waals surface area contributed by atoms with Crippen LogP contribution in [0.3, 0.4) is 0 Å². The highest BCUT2D eigenvalue weighted by molar-refractivity contribution is 6.39. The van der Waals surface area contributed by atoms with E-state index in [9.17, 15) is 22.8 Å². The standard InChI is InChI=1S/C30H27Cl3F3N5O3/c1-41-23-12-24(44-14-25(35)36)18(29(43)38-17-7-9-21(34)20(32)10-17)11-22(23)39-30(41)40-27-19(31)8-6-16(26(27)33)13-37-28(42)15-4-2-3-5-15/h6-12,15,25H,2-5,13-14H2,1H3,(H,37,42)(H,38,43)(H,39,40). The number of nitrogens with zero attached hydrogens (tertiary/aromatic N) is 2. The highest BCUT2D eigenvalue weighted by Crippen LogP contribution is 2.37. The second kappa shape index (κ2) is 13.5. The zero-order valence-electron chi connectivity index (χ0n) is 23.3. The largest absolute Gasteiger partial charge is 0.487 e. The summed E-state index contributed by atoms with van der Waals surface area (Å²) in [5.41, 5.74) is 1.87. The first-order valence-corrected chi connectivity index (χ1v) is 14.8. The molecule has 4 aromatic rings. The van der Waals surface area contributed by atoms with Gasteiger partial charge < -0.3 is 25.3 Å². The number of hydrogen-bond acceptors (Lipinski definition) is 5. The number of carbonyl (C=O) groups is 2. The molecule has 14 heteroatoms. The first kappa shape index (κ1) is 31.7. The average Bonchev–Trinajstić information content (AvgIpc) is 3.63. The summed E-state index contributed by atoms with van der Waals surface area (Å²) >= 11 is 19.0. The minimum atomic E-state index is -2.79. The Kier molecular flexibility index (Phi) is 9.77. The molecule has 0 radical (unpaired) electrons. The third kappa shape index (κ3) is 7.00. The number of aromatic nitrogens is 2. The van der Waals surface area contributed by atoms with Gasteiger partial charge in [-0.05, 0) is 48.7 Å². The molecule has 2 amide bonds. The predicted octanol–water partition coefficient (Wildman–Crippen LogP) is 8.12. The number of hydrogen-bond donors (Lipinski definition) is 3. The van der Waals surface area contributed by atoms with E-state index in [2.05, 4.69) is 20.9 Å². The molecule has 1 aliphatic rings. The van der Waals surface area contributed by atoms with Gasteiger partial charge in [0.15, 0.2) is 0 Å². The molecule has 3 N–H and O–H groups in total. The average molecular weight is 669 g/mol. The molecule has 0 atom stereocenters. The second-order valence-corrected chi connectivity index (χ2v) is 11.5. The third-order valence-corrected chi connectivity index (χ3v) is 8.39. The minimum Gasteiger partial charge on any atom is -0.487 e. The maximum Gasteiger partial charge on any atom is 0.272 e. The maximum atomic E-state index is 13.6. The number of amides is 2. The lowest BCUT2D eigenvalue weighted by Gasteiger charge is -2.15. The highest BCUT2D eigenvalue weighted by Gasteiger charge is 2.24. The number of nitrogens with one attached hydrogen (secondary N) is 3. The van der Waals surface area contributed by atoms with Gasteiger partial charge in [0.2, 0.25) is 11.9 Å². The Morgan fingerprint density at radius 2 is 1.82 bits per heavy atom. The topological polar surface area (TPSA) is 97.3 Å². The number of carbonyl (C=O) groups excluding carboxylic acids is 2. The zero-order valence-corrected chi connectivity index (χ0v) is 25.6. The Bertz CT molecular complexity index is 1730. The lowest BCUT2D eigenvalue weighted by atomic mass is 10.1. The molecule has 8 nitrogen and oxygen atoms in total. The van der Waals surface area contributed by atoms with Gasteiger partial charge >= 0.3 is 0 Å². The van der Waals surface area contributed by atoms with Crippen LogP contribution in [-0.2, 0) is 18.4 Å². The van der Waals surface area contributed by atoms with Crippen LogP contribution in [-0.4, -0.2) is 34.4 Å². The van der Waals surface area contributed by atoms with E-state index in [0.29, 0.717) is 27.3 Å². The van der Waals surface area contributed by atoms with Gasteiger partial charge in [-0.1, -0.05) is 53.7 Å². The van der Waals surface area contributed by atoms with Crippen molar-refractivity contribution in [2.75, 3.05) is 17.2 Å². The number of fused-ring (bicyclic) bond motifs is 1. The molecule has 1 heterocycles. The number of halogens is 6. The number of rotatable bonds is 10. The van der Waals surface area contributed by atoms with Crippen molar-refractivity contribution in [3.05, 3.63) is 74.5 Å². The second-order valence-electron chi connectivity index (χ2n) is 10.3. The summed E-state index contributed by atoms with van der Waals surface area (Å²) in [5, 5.41) is 9.01. The van der Waals surface area contributed by atoms with E-state index in [1.807, 2.05) is 0 Å². The number of aryl methyl sites for hydroxylation is 1. The monoisotopic (exact) mass is 667 g/mol. The summed E-state index contributed by atoms with van der Waals surface area (Å²) in [6, 6.07) is 9.79. The van der Waals surface area contributed by atoms with Crippen LogP contribution in [0.4, 0.5) is 30.5 Å². The van der Waals surface area contributed by atoms with Crippen LogP contribution in [0.15, 0.2) is 42.5 Å². The Labute approximate surface area is 265 Å². The summed E-state index contributed by atoms with van der Waals surface area (Å²) in [7, 11) is 1.67. The summed E-state index contributed by atoms with van der Waals surface area (Å²) < 4.78 is 46.6. The molecular weight excluding hydrogens is 642 g/mol. The van der Waals surface area contributed by atoms with Crippen molar-refractivity contribution in [3.63, 3.8) is 0 Å². The van der Waals surface area contributed by atoms with Crippen LogP contribution in [0.25, 0.3) is 11.0 Å². The van der Waals surface area contributed by atoms with Crippen molar-refractivity contribution in [1.82, 2.24) is 14.9 Å². The van der Waals surface area contributed by atoms with Gasteiger partial charge in [-0.15, -0.1) is 0 Å². The Hall–Kier alpha value is -3.67. The van der Waals surface area contributed by atoms with Crippen molar-refractivity contribution in [3.8, 4) is 5.75 Å². The smallest absolute Gasteiger partial charge is 0.272 e. The Balaban J connectivity index is 1.44. The fourth-order valence-electron chi connectivity index (χ4n) is 5.03. The van der Waals surface area contributed by atoms with E-state index in [-0.39, 0.29) is 51.4 Å². The van der Waals surface area contributed by atoms with Crippen LogP contribution in [0.1, 0.15) is 41.6 Å². The third-order valence-electron chi connectivity index (χ3n) is 7.36. The van der Waals surface area contributed by atoms with Gasteiger partial charge in [-0.2, -0.15) is 0 Å². The van der Waals surface area contributed by atoms with Crippen molar-refractivity contribution in [2.45, 2.75) is 38.7 Å². The van der Waals surface area contributed by atoms with E-state index < -0.39 is 24.8 Å². The van der Waals surface area contributed by atoms with Crippen molar-refractivity contribution < 1.29 is 27.5 Å². The first-order valence-electron chi connectivity index (χ1n) is 13.7. The van der Waals surface area contributed by atoms with Crippen molar-refractivity contribution in [2.24, 2.45) is 13.0 Å². The molecule has 0 saturated heterocycles. The predicted molar refractivity (Wildman–Crippen MR) is 165 cm³/mol. The molecule has 3 aromatic carbocycles. The van der Waals surface area contributed by atoms with Crippen LogP contribution in [0, 0.1) is 11.7 Å². The van der Waals surface area contributed by atoms with Gasteiger partial charge in [0.05, 0.1) is 37.4 Å². The maximum absolute atomic E-state index is 13.6. The quantitative estimate of drug-likeness (QED) is 0.159. The molecule has 0 bridgehead atoms. The van der Waals surface area contributed by atoms with Gasteiger partial charge in [-0.3, -0.25) is 9.59 Å². The molecular formula is C30H27Cl3F3N5O3. The first-order chi connectivity index (χ1) is 21.0. The fraction of sp³-hybridized carbons (Fsp3) is 0.300. The molecule has 0 unspecified atom stereocenters. The van der Waals surface area contributed by atoms with Crippen LogP contribution in [0.5, 0.6) is 5.75 Å². The van der Waals surface area contributed by atoms with Gasteiger partial charge in [0, 0.05) is 31.3 Å². The zero-order chi connectivity index (χ0) is 31.5. The number of alkyl halides is 2. The Morgan fingerprint density at radius 1 is 1.07 bits per heavy atom. The summed E-state index contributed by atoms with van der Waals surface area (Å²) in [6.07, 6.45) is 1.04. The van der Waals surface area contributed by atoms with E-state index in [0.717, 1.165) is 31.7 Å². The number of imidazole rings is 1. The van der Waals surface area contributed by atoms with Crippen LogP contribution in [0.2, 0.25) is 15.1 Å². The SMILES string of the molecule is Cn1c(Nc2c(Cl)ccc(CNC(=O)C3CCCC3)c2Cl)nc2cc(C(=O)Nc3ccc(F)c(Cl)c3)c(OCC(F)F)cc21. The van der Waals surface area contributed by atoms with Gasteiger partial charge in [0.25, 0.3) is 12.3 Å². The summed E-state index contributed by atoms with van der Waals surface area (Å²) in [6.45, 7) is -0.739. The molecule has 0 spiro atoms. The molecule has 232 valence electrons. The normalized spacial score (nSPS) is 13.5. The van der Waals surface area contributed by atoms with E-state index in [1.165, 1.54) is 24.3 Å². The molecule has 1 fully saturated rings. The molecule has 1 aromatic heterocycles. The van der Waals surface area contributed by atoms with E-state index in [1.54, 1.807) is 23.7 Å². The Morgan fingerprint density at radius 3 is 2.52 bits per heavy atom. The molecule has 0 aliphatic heterocycles. The number of anilines is 3. The van der Waals surface area contributed by atoms with Crippen molar-refractivity contribution >= 4 is 75.0 Å². The summed E-state index contributed by atoms with van der Waals surface area (Å²) in [5.74, 6) is -1.22. The lowest BCUT2D eigenvalue weighted by molar-refractivity contribution is -0.124. The lowest BCUT2D eigenvalue weighted by Crippen LogP contribution is -2.28. The van der Waals surface area contributed by atoms with Crippen LogP contribution >= 0.6 is 34.8 Å². The number of benzene rings is 3. The number of ether oxygens (including phenoxy) is 1. The molecule has 5 rings (SSSR count). The minimum absolute atomic E-state index is 0.00805. The highest BCUT2D eigenvalue weighted by atomic mass is 35.5. The molecule has 1 saturated carbocycles. The van der Waals surface area contributed by atoms with E-state index >= 15 is 0 Å². The molecule has 44 heavy (non-hydrogen) atoms. The molecule has 1 aliphatic carbocycles. The summed E-state index contributed by atoms with van der Waals surface area (Å²) in [4.78, 5) is 30.3.